The van der Waals surface area contributed by atoms with Crippen molar-refractivity contribution in [1.29, 1.82) is 0 Å². The zero-order valence-electron chi connectivity index (χ0n) is 8.72. The summed E-state index contributed by atoms with van der Waals surface area (Å²) in [6.07, 6.45) is 3.50. The molecule has 3 atom stereocenters. The fraction of sp³-hybridized carbons (Fsp3) is 1.00. The van der Waals surface area contributed by atoms with Crippen molar-refractivity contribution in [3.05, 3.63) is 0 Å². The molecule has 1 aliphatic carbocycles. The molecule has 0 aromatic carbocycles. The van der Waals surface area contributed by atoms with Crippen molar-refractivity contribution < 1.29 is 18.9 Å². The van der Waals surface area contributed by atoms with Crippen molar-refractivity contribution in [1.82, 2.24) is 0 Å². The van der Waals surface area contributed by atoms with Gasteiger partial charge in [0.2, 0.25) is 0 Å². The van der Waals surface area contributed by atoms with Crippen molar-refractivity contribution in [2.75, 3.05) is 0 Å². The predicted molar refractivity (Wildman–Crippen MR) is 53.7 cm³/mol. The maximum Gasteiger partial charge on any atom is 0.469 e. The van der Waals surface area contributed by atoms with Crippen LogP contribution in [0.5, 0.6) is 0 Å². The second-order valence-corrected chi connectivity index (χ2v) is 5.50. The molecule has 0 saturated heterocycles. The number of hydrogen-bond acceptors (Lipinski definition) is 2. The Morgan fingerprint density at radius 2 is 2.00 bits per heavy atom. The Balaban J connectivity index is 2.49. The third kappa shape index (κ3) is 4.09. The van der Waals surface area contributed by atoms with Crippen LogP contribution in [-0.4, -0.2) is 15.9 Å². The Bertz CT molecular complexity index is 225. The molecule has 4 nitrogen and oxygen atoms in total. The molecular formula is C9H19O4P. The monoisotopic (exact) mass is 222 g/mol. The highest BCUT2D eigenvalue weighted by Gasteiger charge is 2.30. The van der Waals surface area contributed by atoms with Gasteiger partial charge in [0.1, 0.15) is 0 Å². The van der Waals surface area contributed by atoms with E-state index < -0.39 is 7.82 Å². The number of hydrogen-bond donors (Lipinski definition) is 2. The largest absolute Gasteiger partial charge is 0.469 e. The average Bonchev–Trinajstić information content (AvgIpc) is 1.99. The summed E-state index contributed by atoms with van der Waals surface area (Å²) < 4.78 is 15.4. The average molecular weight is 222 g/mol. The van der Waals surface area contributed by atoms with Crippen molar-refractivity contribution >= 4 is 7.82 Å². The fourth-order valence-electron chi connectivity index (χ4n) is 2.29. The second kappa shape index (κ2) is 4.75. The lowest BCUT2D eigenvalue weighted by Gasteiger charge is -2.32. The molecule has 0 bridgehead atoms. The number of phosphoric ester groups is 1. The van der Waals surface area contributed by atoms with Crippen LogP contribution in [0.4, 0.5) is 0 Å². The first kappa shape index (κ1) is 12.2. The van der Waals surface area contributed by atoms with Crippen LogP contribution < -0.4 is 0 Å². The van der Waals surface area contributed by atoms with E-state index in [4.69, 9.17) is 14.3 Å². The van der Waals surface area contributed by atoms with Crippen molar-refractivity contribution in [2.45, 2.75) is 45.6 Å². The van der Waals surface area contributed by atoms with Crippen LogP contribution in [0.25, 0.3) is 0 Å². The van der Waals surface area contributed by atoms with Gasteiger partial charge >= 0.3 is 7.82 Å². The van der Waals surface area contributed by atoms with Gasteiger partial charge in [0, 0.05) is 0 Å². The van der Waals surface area contributed by atoms with Crippen LogP contribution in [0, 0.1) is 11.8 Å². The van der Waals surface area contributed by atoms with Gasteiger partial charge < -0.3 is 9.79 Å². The first-order chi connectivity index (χ1) is 6.40. The highest BCUT2D eigenvalue weighted by Crippen LogP contribution is 2.43. The zero-order valence-corrected chi connectivity index (χ0v) is 9.61. The Morgan fingerprint density at radius 1 is 1.36 bits per heavy atom. The summed E-state index contributed by atoms with van der Waals surface area (Å²) in [6.45, 7) is 4.22. The molecule has 14 heavy (non-hydrogen) atoms. The van der Waals surface area contributed by atoms with Crippen molar-refractivity contribution in [3.63, 3.8) is 0 Å². The van der Waals surface area contributed by atoms with Crippen molar-refractivity contribution in [2.24, 2.45) is 11.8 Å². The van der Waals surface area contributed by atoms with Gasteiger partial charge in [-0.15, -0.1) is 0 Å². The lowest BCUT2D eigenvalue weighted by Crippen LogP contribution is -2.26. The van der Waals surface area contributed by atoms with E-state index in [1.54, 1.807) is 0 Å². The van der Waals surface area contributed by atoms with E-state index >= 15 is 0 Å². The molecule has 2 N–H and O–H groups in total. The van der Waals surface area contributed by atoms with E-state index in [0.717, 1.165) is 25.7 Å². The normalized spacial score (nSPS) is 34.4. The SMILES string of the molecule is CC[C@@H]1C[C@H](C)C[C@H](OP(=O)(O)O)C1. The minimum Gasteiger partial charge on any atom is -0.303 e. The minimum absolute atomic E-state index is 0.260. The van der Waals surface area contributed by atoms with Gasteiger partial charge in [-0.1, -0.05) is 20.3 Å². The van der Waals surface area contributed by atoms with Gasteiger partial charge in [-0.3, -0.25) is 4.52 Å². The van der Waals surface area contributed by atoms with E-state index in [2.05, 4.69) is 13.8 Å². The molecule has 0 unspecified atom stereocenters. The van der Waals surface area contributed by atoms with Gasteiger partial charge in [0.05, 0.1) is 6.10 Å². The summed E-state index contributed by atoms with van der Waals surface area (Å²) in [7, 11) is -4.30. The maximum atomic E-state index is 10.7. The van der Waals surface area contributed by atoms with E-state index in [0.29, 0.717) is 11.8 Å². The summed E-state index contributed by atoms with van der Waals surface area (Å²) >= 11 is 0. The van der Waals surface area contributed by atoms with Crippen LogP contribution in [0.3, 0.4) is 0 Å². The molecule has 1 rings (SSSR count). The van der Waals surface area contributed by atoms with E-state index in [-0.39, 0.29) is 6.10 Å². The molecule has 0 amide bonds. The molecule has 0 aliphatic heterocycles. The number of rotatable bonds is 3. The third-order valence-corrected chi connectivity index (χ3v) is 3.43. The van der Waals surface area contributed by atoms with Gasteiger partial charge in [-0.2, -0.15) is 0 Å². The summed E-state index contributed by atoms with van der Waals surface area (Å²) in [5.41, 5.74) is 0. The van der Waals surface area contributed by atoms with Crippen LogP contribution in [0.15, 0.2) is 0 Å². The van der Waals surface area contributed by atoms with Gasteiger partial charge in [0.15, 0.2) is 0 Å². The maximum absolute atomic E-state index is 10.7. The Hall–Kier alpha value is 0.110. The topological polar surface area (TPSA) is 66.8 Å². The zero-order chi connectivity index (χ0) is 10.8. The second-order valence-electron chi connectivity index (χ2n) is 4.30. The fourth-order valence-corrected chi connectivity index (χ4v) is 2.85. The van der Waals surface area contributed by atoms with E-state index in [9.17, 15) is 4.57 Å². The quantitative estimate of drug-likeness (QED) is 0.719. The Morgan fingerprint density at radius 3 is 2.50 bits per heavy atom. The molecule has 0 heterocycles. The molecule has 0 aromatic rings. The third-order valence-electron chi connectivity index (χ3n) is 2.86. The van der Waals surface area contributed by atoms with Crippen LogP contribution in [0.2, 0.25) is 0 Å². The lowest BCUT2D eigenvalue weighted by atomic mass is 9.80. The lowest BCUT2D eigenvalue weighted by molar-refractivity contribution is 0.0634. The van der Waals surface area contributed by atoms with Crippen LogP contribution >= 0.6 is 7.82 Å². The predicted octanol–water partition coefficient (Wildman–Crippen LogP) is 2.31. The molecule has 5 heteroatoms. The highest BCUT2D eigenvalue weighted by atomic mass is 31.2. The molecule has 0 aromatic heterocycles. The molecule has 1 saturated carbocycles. The standard InChI is InChI=1S/C9H19O4P/c1-3-8-4-7(2)5-9(6-8)13-14(10,11)12/h7-9H,3-6H2,1-2H3,(H2,10,11,12)/t7-,8+,9-/m0/s1. The smallest absolute Gasteiger partial charge is 0.303 e. The molecular weight excluding hydrogens is 203 g/mol. The van der Waals surface area contributed by atoms with Crippen molar-refractivity contribution in [3.8, 4) is 0 Å². The van der Waals surface area contributed by atoms with E-state index in [1.807, 2.05) is 0 Å². The first-order valence-corrected chi connectivity index (χ1v) is 6.67. The molecule has 84 valence electrons. The summed E-state index contributed by atoms with van der Waals surface area (Å²) in [5, 5.41) is 0. The van der Waals surface area contributed by atoms with Gasteiger partial charge in [-0.25, -0.2) is 4.57 Å². The van der Waals surface area contributed by atoms with E-state index in [1.165, 1.54) is 0 Å². The molecule has 0 radical (unpaired) electrons. The number of phosphoric acid groups is 1. The Kier molecular flexibility index (Phi) is 4.14. The van der Waals surface area contributed by atoms with Gasteiger partial charge in [0.25, 0.3) is 0 Å². The highest BCUT2D eigenvalue weighted by molar-refractivity contribution is 7.46. The van der Waals surface area contributed by atoms with Crippen LogP contribution in [0.1, 0.15) is 39.5 Å². The summed E-state index contributed by atoms with van der Waals surface area (Å²) in [6, 6.07) is 0. The minimum atomic E-state index is -4.30. The molecule has 0 spiro atoms. The first-order valence-electron chi connectivity index (χ1n) is 5.14. The Labute approximate surface area is 84.9 Å². The van der Waals surface area contributed by atoms with Gasteiger partial charge in [-0.05, 0) is 31.1 Å². The van der Waals surface area contributed by atoms with Crippen LogP contribution in [-0.2, 0) is 9.09 Å². The molecule has 1 fully saturated rings. The molecule has 1 aliphatic rings. The summed E-state index contributed by atoms with van der Waals surface area (Å²) in [4.78, 5) is 17.4. The summed E-state index contributed by atoms with van der Waals surface area (Å²) in [5.74, 6) is 1.06.